The monoisotopic (exact) mass is 686 g/mol. The third kappa shape index (κ3) is 12.1. The standard InChI is InChI=1S/C38H50N6O6/c1-24-10-12-29(13-11-24)22-40-33(46)30(41-35(48)32(26(3)45)42-34(47)31-21-25(2)50-44-31)19-18-28-16-14-27(15-17-28)9-8-20-38(7,23-39)36(49)43-37(4,5)6/h10-17,21,26,30,32,45H,8-9,18-20,22H2,1-7H3,(H,40,46)(H,41,48)(H,42,47)(H,43,49)/t26-,30+,32+,38?/m1/s1. The molecule has 50 heavy (non-hydrogen) atoms. The number of aliphatic hydroxyl groups is 1. The number of aromatic nitrogens is 1. The molecule has 5 N–H and O–H groups in total. The fraction of sp³-hybridized carbons (Fsp3) is 0.474. The third-order valence-electron chi connectivity index (χ3n) is 8.26. The van der Waals surface area contributed by atoms with Gasteiger partial charge in [0.25, 0.3) is 5.91 Å². The normalized spacial score (nSPS) is 14.3. The van der Waals surface area contributed by atoms with Crippen LogP contribution in [-0.2, 0) is 33.8 Å². The van der Waals surface area contributed by atoms with E-state index in [-0.39, 0.29) is 24.6 Å². The molecule has 0 fully saturated rings. The number of rotatable bonds is 16. The third-order valence-corrected chi connectivity index (χ3v) is 8.26. The molecular formula is C38H50N6O6. The minimum absolute atomic E-state index is 0.0399. The van der Waals surface area contributed by atoms with Gasteiger partial charge in [-0.1, -0.05) is 59.3 Å². The van der Waals surface area contributed by atoms with E-state index < -0.39 is 46.9 Å². The Kier molecular flexibility index (Phi) is 13.9. The molecule has 0 bridgehead atoms. The van der Waals surface area contributed by atoms with Gasteiger partial charge in [-0.05, 0) is 97.3 Å². The number of carbonyl (C=O) groups is 4. The quantitative estimate of drug-likeness (QED) is 0.150. The molecule has 2 aromatic carbocycles. The predicted molar refractivity (Wildman–Crippen MR) is 188 cm³/mol. The smallest absolute Gasteiger partial charge is 0.274 e. The van der Waals surface area contributed by atoms with Crippen LogP contribution in [0.15, 0.2) is 59.1 Å². The van der Waals surface area contributed by atoms with E-state index in [0.29, 0.717) is 31.4 Å². The summed E-state index contributed by atoms with van der Waals surface area (Å²) in [6, 6.07) is 16.8. The van der Waals surface area contributed by atoms with Crippen LogP contribution in [0.3, 0.4) is 0 Å². The lowest BCUT2D eigenvalue weighted by atomic mass is 9.84. The number of nitriles is 1. The summed E-state index contributed by atoms with van der Waals surface area (Å²) in [7, 11) is 0. The largest absolute Gasteiger partial charge is 0.391 e. The second-order valence-corrected chi connectivity index (χ2v) is 14.1. The van der Waals surface area contributed by atoms with Crippen molar-refractivity contribution in [3.05, 3.63) is 88.3 Å². The highest BCUT2D eigenvalue weighted by Gasteiger charge is 2.35. The molecule has 0 saturated carbocycles. The number of carbonyl (C=O) groups excluding carboxylic acids is 4. The highest BCUT2D eigenvalue weighted by atomic mass is 16.5. The van der Waals surface area contributed by atoms with Gasteiger partial charge in [-0.2, -0.15) is 5.26 Å². The van der Waals surface area contributed by atoms with Crippen molar-refractivity contribution in [3.63, 3.8) is 0 Å². The van der Waals surface area contributed by atoms with Gasteiger partial charge in [-0.3, -0.25) is 19.2 Å². The average molecular weight is 687 g/mol. The number of hydrogen-bond donors (Lipinski definition) is 5. The van der Waals surface area contributed by atoms with Crippen molar-refractivity contribution < 1.29 is 28.8 Å². The summed E-state index contributed by atoms with van der Waals surface area (Å²) in [5.41, 5.74) is 2.37. The first-order chi connectivity index (χ1) is 23.5. The second-order valence-electron chi connectivity index (χ2n) is 14.1. The Morgan fingerprint density at radius 3 is 2.04 bits per heavy atom. The van der Waals surface area contributed by atoms with Gasteiger partial charge in [-0.25, -0.2) is 0 Å². The molecule has 0 saturated heterocycles. The summed E-state index contributed by atoms with van der Waals surface area (Å²) < 4.78 is 4.94. The zero-order valence-electron chi connectivity index (χ0n) is 30.1. The van der Waals surface area contributed by atoms with Crippen molar-refractivity contribution in [2.24, 2.45) is 5.41 Å². The fourth-order valence-corrected chi connectivity index (χ4v) is 5.17. The Bertz CT molecular complexity index is 1650. The molecule has 4 amide bonds. The highest BCUT2D eigenvalue weighted by Crippen LogP contribution is 2.25. The van der Waals surface area contributed by atoms with Gasteiger partial charge in [0.2, 0.25) is 17.7 Å². The number of nitrogens with one attached hydrogen (secondary N) is 4. The van der Waals surface area contributed by atoms with Crippen molar-refractivity contribution in [1.82, 2.24) is 26.4 Å². The average Bonchev–Trinajstić information content (AvgIpc) is 3.50. The molecule has 0 aliphatic rings. The van der Waals surface area contributed by atoms with E-state index in [9.17, 15) is 29.5 Å². The van der Waals surface area contributed by atoms with Crippen LogP contribution in [0.5, 0.6) is 0 Å². The van der Waals surface area contributed by atoms with Gasteiger partial charge in [0.1, 0.15) is 23.3 Å². The van der Waals surface area contributed by atoms with Crippen LogP contribution in [0.25, 0.3) is 0 Å². The Morgan fingerprint density at radius 2 is 1.50 bits per heavy atom. The summed E-state index contributed by atoms with van der Waals surface area (Å²) in [6.07, 6.45) is 1.17. The number of hydrogen-bond acceptors (Lipinski definition) is 8. The molecule has 1 unspecified atom stereocenters. The van der Waals surface area contributed by atoms with E-state index in [1.807, 2.05) is 76.2 Å². The predicted octanol–water partition coefficient (Wildman–Crippen LogP) is 3.97. The maximum atomic E-state index is 13.4. The highest BCUT2D eigenvalue weighted by molar-refractivity contribution is 5.97. The molecular weight excluding hydrogens is 636 g/mol. The van der Waals surface area contributed by atoms with E-state index in [1.54, 1.807) is 13.8 Å². The van der Waals surface area contributed by atoms with Crippen LogP contribution >= 0.6 is 0 Å². The van der Waals surface area contributed by atoms with E-state index in [0.717, 1.165) is 22.3 Å². The number of aryl methyl sites for hydroxylation is 4. The van der Waals surface area contributed by atoms with Crippen LogP contribution in [0.1, 0.15) is 92.4 Å². The van der Waals surface area contributed by atoms with Crippen LogP contribution in [0.4, 0.5) is 0 Å². The number of nitrogens with zero attached hydrogens (tertiary/aromatic N) is 2. The molecule has 4 atom stereocenters. The Balaban J connectivity index is 1.66. The van der Waals surface area contributed by atoms with Gasteiger partial charge in [0.05, 0.1) is 12.2 Å². The first kappa shape index (κ1) is 39.4. The maximum absolute atomic E-state index is 13.4. The van der Waals surface area contributed by atoms with Gasteiger partial charge >= 0.3 is 0 Å². The van der Waals surface area contributed by atoms with Gasteiger partial charge in [0, 0.05) is 18.2 Å². The van der Waals surface area contributed by atoms with Crippen LogP contribution in [0.2, 0.25) is 0 Å². The van der Waals surface area contributed by atoms with Gasteiger partial charge < -0.3 is 30.9 Å². The fourth-order valence-electron chi connectivity index (χ4n) is 5.17. The topological polar surface area (TPSA) is 186 Å². The zero-order chi connectivity index (χ0) is 37.1. The first-order valence-corrected chi connectivity index (χ1v) is 16.9. The minimum atomic E-state index is -1.35. The number of amides is 4. The molecule has 0 aliphatic carbocycles. The van der Waals surface area contributed by atoms with Crippen molar-refractivity contribution in [3.8, 4) is 6.07 Å². The maximum Gasteiger partial charge on any atom is 0.274 e. The van der Waals surface area contributed by atoms with Gasteiger partial charge in [-0.15, -0.1) is 0 Å². The Morgan fingerprint density at radius 1 is 0.900 bits per heavy atom. The lowest BCUT2D eigenvalue weighted by Crippen LogP contribution is -2.57. The van der Waals surface area contributed by atoms with E-state index in [4.69, 9.17) is 4.52 Å². The van der Waals surface area contributed by atoms with Crippen molar-refractivity contribution >= 4 is 23.6 Å². The van der Waals surface area contributed by atoms with Crippen LogP contribution < -0.4 is 21.3 Å². The van der Waals surface area contributed by atoms with E-state index in [2.05, 4.69) is 32.5 Å². The van der Waals surface area contributed by atoms with Crippen molar-refractivity contribution in [1.29, 1.82) is 5.26 Å². The Hall–Kier alpha value is -5.02. The first-order valence-electron chi connectivity index (χ1n) is 16.9. The number of aliphatic hydroxyl groups excluding tert-OH is 1. The van der Waals surface area contributed by atoms with E-state index in [1.165, 1.54) is 13.0 Å². The molecule has 3 aromatic rings. The molecule has 0 aliphatic heterocycles. The summed E-state index contributed by atoms with van der Waals surface area (Å²) in [4.78, 5) is 52.2. The molecule has 12 heteroatoms. The molecule has 12 nitrogen and oxygen atoms in total. The molecule has 3 rings (SSSR count). The van der Waals surface area contributed by atoms with Crippen LogP contribution in [0, 0.1) is 30.6 Å². The molecule has 0 spiro atoms. The molecule has 1 heterocycles. The summed E-state index contributed by atoms with van der Waals surface area (Å²) >= 11 is 0. The molecule has 1 aromatic heterocycles. The zero-order valence-corrected chi connectivity index (χ0v) is 30.1. The lowest BCUT2D eigenvalue weighted by molar-refractivity contribution is -0.131. The summed E-state index contributed by atoms with van der Waals surface area (Å²) in [6.45, 7) is 12.5. The Labute approximate surface area is 294 Å². The van der Waals surface area contributed by atoms with Gasteiger partial charge in [0.15, 0.2) is 5.69 Å². The molecule has 268 valence electrons. The lowest BCUT2D eigenvalue weighted by Gasteiger charge is -2.27. The second kappa shape index (κ2) is 17.6. The van der Waals surface area contributed by atoms with E-state index >= 15 is 0 Å². The van der Waals surface area contributed by atoms with Crippen molar-refractivity contribution in [2.45, 2.75) is 111 Å². The summed E-state index contributed by atoms with van der Waals surface area (Å²) in [5.74, 6) is -1.70. The van der Waals surface area contributed by atoms with Crippen molar-refractivity contribution in [2.75, 3.05) is 0 Å². The minimum Gasteiger partial charge on any atom is -0.391 e. The number of benzene rings is 2. The van der Waals surface area contributed by atoms with Crippen LogP contribution in [-0.4, -0.2) is 57.6 Å². The SMILES string of the molecule is Cc1ccc(CNC(=O)[C@H](CCc2ccc(CCCC(C)(C#N)C(=O)NC(C)(C)C)cc2)NC(=O)[C@@H](NC(=O)c2cc(C)on2)[C@@H](C)O)cc1. The molecule has 0 radical (unpaired) electrons. The summed E-state index contributed by atoms with van der Waals surface area (Å²) in [5, 5.41) is 34.8.